The number of carbonyl (C=O) groups excluding carboxylic acids is 1. The van der Waals surface area contributed by atoms with E-state index in [-0.39, 0.29) is 17.6 Å². The van der Waals surface area contributed by atoms with Gasteiger partial charge < -0.3 is 15.4 Å². The predicted molar refractivity (Wildman–Crippen MR) is 57.4 cm³/mol. The summed E-state index contributed by atoms with van der Waals surface area (Å²) in [5.41, 5.74) is 5.76. The lowest BCUT2D eigenvalue weighted by Crippen LogP contribution is -2.70. The van der Waals surface area contributed by atoms with Gasteiger partial charge in [-0.3, -0.25) is 0 Å². The highest BCUT2D eigenvalue weighted by Gasteiger charge is 2.55. The zero-order valence-corrected chi connectivity index (χ0v) is 9.75. The topological polar surface area (TPSA) is 55.6 Å². The summed E-state index contributed by atoms with van der Waals surface area (Å²) in [6, 6.07) is 0.288. The van der Waals surface area contributed by atoms with E-state index in [0.717, 1.165) is 25.9 Å². The van der Waals surface area contributed by atoms with Gasteiger partial charge in [-0.1, -0.05) is 0 Å². The average Bonchev–Trinajstić information content (AvgIpc) is 1.95. The lowest BCUT2D eigenvalue weighted by molar-refractivity contribution is -0.0819. The van der Waals surface area contributed by atoms with Crippen LogP contribution in [-0.2, 0) is 4.74 Å². The van der Waals surface area contributed by atoms with E-state index in [1.165, 1.54) is 0 Å². The molecule has 4 heteroatoms. The Morgan fingerprint density at radius 3 is 2.40 bits per heavy atom. The molecule has 2 rings (SSSR count). The van der Waals surface area contributed by atoms with Crippen LogP contribution in [-0.4, -0.2) is 35.7 Å². The molecule has 1 saturated carbocycles. The van der Waals surface area contributed by atoms with Gasteiger partial charge in [0.2, 0.25) is 0 Å². The smallest absolute Gasteiger partial charge is 0.410 e. The summed E-state index contributed by atoms with van der Waals surface area (Å²) in [6.07, 6.45) is 2.06. The molecule has 15 heavy (non-hydrogen) atoms. The fourth-order valence-corrected chi connectivity index (χ4v) is 2.28. The van der Waals surface area contributed by atoms with Gasteiger partial charge in [-0.25, -0.2) is 4.79 Å². The molecule has 1 spiro atoms. The minimum atomic E-state index is -0.401. The first-order chi connectivity index (χ1) is 6.82. The van der Waals surface area contributed by atoms with Crippen molar-refractivity contribution in [3.05, 3.63) is 0 Å². The number of nitrogens with two attached hydrogens (primary N) is 1. The third kappa shape index (κ3) is 1.83. The monoisotopic (exact) mass is 212 g/mol. The molecule has 1 atom stereocenters. The molecule has 1 heterocycles. The van der Waals surface area contributed by atoms with Crippen molar-refractivity contribution in [2.45, 2.75) is 45.3 Å². The predicted octanol–water partition coefficient (Wildman–Crippen LogP) is 1.34. The minimum absolute atomic E-state index is 0.202. The van der Waals surface area contributed by atoms with Gasteiger partial charge in [0.15, 0.2) is 0 Å². The van der Waals surface area contributed by atoms with Crippen LogP contribution in [0, 0.1) is 5.41 Å². The highest BCUT2D eigenvalue weighted by molar-refractivity contribution is 5.69. The Morgan fingerprint density at radius 2 is 2.07 bits per heavy atom. The van der Waals surface area contributed by atoms with Crippen LogP contribution in [0.5, 0.6) is 0 Å². The molecule has 0 aromatic heterocycles. The minimum Gasteiger partial charge on any atom is -0.444 e. The Hall–Kier alpha value is -0.770. The molecule has 2 fully saturated rings. The van der Waals surface area contributed by atoms with Crippen LogP contribution < -0.4 is 5.73 Å². The second-order valence-corrected chi connectivity index (χ2v) is 5.84. The van der Waals surface area contributed by atoms with E-state index in [2.05, 4.69) is 0 Å². The van der Waals surface area contributed by atoms with E-state index in [9.17, 15) is 4.79 Å². The lowest BCUT2D eigenvalue weighted by Gasteiger charge is -2.59. The van der Waals surface area contributed by atoms with Crippen LogP contribution >= 0.6 is 0 Å². The van der Waals surface area contributed by atoms with Gasteiger partial charge >= 0.3 is 6.09 Å². The average molecular weight is 212 g/mol. The molecule has 0 radical (unpaired) electrons. The molecule has 0 bridgehead atoms. The number of amides is 1. The Morgan fingerprint density at radius 1 is 1.47 bits per heavy atom. The number of ether oxygens (including phenoxy) is 1. The van der Waals surface area contributed by atoms with Gasteiger partial charge in [0.1, 0.15) is 5.60 Å². The fraction of sp³-hybridized carbons (Fsp3) is 0.909. The summed E-state index contributed by atoms with van der Waals surface area (Å²) in [5.74, 6) is 0. The van der Waals surface area contributed by atoms with Crippen molar-refractivity contribution < 1.29 is 9.53 Å². The van der Waals surface area contributed by atoms with Crippen LogP contribution in [0.2, 0.25) is 0 Å². The number of hydrogen-bond donors (Lipinski definition) is 1. The molecule has 1 aliphatic carbocycles. The van der Waals surface area contributed by atoms with Crippen LogP contribution in [0.4, 0.5) is 4.79 Å². The van der Waals surface area contributed by atoms with Crippen molar-refractivity contribution in [3.8, 4) is 0 Å². The summed E-state index contributed by atoms with van der Waals surface area (Å²) in [6.45, 7) is 7.22. The first-order valence-corrected chi connectivity index (χ1v) is 5.56. The van der Waals surface area contributed by atoms with Gasteiger partial charge in [0, 0.05) is 24.5 Å². The summed E-state index contributed by atoms with van der Waals surface area (Å²) in [5, 5.41) is 0. The number of rotatable bonds is 0. The Labute approximate surface area is 90.8 Å². The summed E-state index contributed by atoms with van der Waals surface area (Å²) in [4.78, 5) is 13.4. The van der Waals surface area contributed by atoms with Crippen molar-refractivity contribution >= 4 is 6.09 Å². The second kappa shape index (κ2) is 3.11. The highest BCUT2D eigenvalue weighted by Crippen LogP contribution is 2.47. The molecule has 1 amide bonds. The standard InChI is InChI=1S/C11H20N2O2/c1-10(2,3)15-9(14)13-6-11(7-13)5-4-8(11)12/h8H,4-7,12H2,1-3H3/t8-/m1/s1. The zero-order valence-electron chi connectivity index (χ0n) is 9.75. The molecule has 86 valence electrons. The van der Waals surface area contributed by atoms with E-state index in [1.54, 1.807) is 4.90 Å². The Bertz CT molecular complexity index is 277. The maximum absolute atomic E-state index is 11.6. The molecule has 2 aliphatic rings. The zero-order chi connectivity index (χ0) is 11.3. The van der Waals surface area contributed by atoms with Crippen molar-refractivity contribution in [2.24, 2.45) is 11.1 Å². The van der Waals surface area contributed by atoms with Gasteiger partial charge in [-0.15, -0.1) is 0 Å². The van der Waals surface area contributed by atoms with Crippen LogP contribution in [0.25, 0.3) is 0 Å². The normalized spacial score (nSPS) is 28.3. The third-order valence-electron chi connectivity index (χ3n) is 3.40. The van der Waals surface area contributed by atoms with E-state index < -0.39 is 5.60 Å². The molecule has 4 nitrogen and oxygen atoms in total. The molecule has 2 N–H and O–H groups in total. The summed E-state index contributed by atoms with van der Waals surface area (Å²) >= 11 is 0. The first kappa shape index (κ1) is 10.7. The van der Waals surface area contributed by atoms with E-state index >= 15 is 0 Å². The Kier molecular flexibility index (Phi) is 2.23. The van der Waals surface area contributed by atoms with Gasteiger partial charge in [-0.2, -0.15) is 0 Å². The van der Waals surface area contributed by atoms with Crippen molar-refractivity contribution in [2.75, 3.05) is 13.1 Å². The van der Waals surface area contributed by atoms with Crippen molar-refractivity contribution in [3.63, 3.8) is 0 Å². The Balaban J connectivity index is 1.82. The number of carbonyl (C=O) groups is 1. The van der Waals surface area contributed by atoms with Crippen LogP contribution in [0.1, 0.15) is 33.6 Å². The van der Waals surface area contributed by atoms with Crippen LogP contribution in [0.15, 0.2) is 0 Å². The van der Waals surface area contributed by atoms with E-state index in [4.69, 9.17) is 10.5 Å². The van der Waals surface area contributed by atoms with E-state index in [0.29, 0.717) is 0 Å². The number of nitrogens with zero attached hydrogens (tertiary/aromatic N) is 1. The summed E-state index contributed by atoms with van der Waals surface area (Å²) in [7, 11) is 0. The number of hydrogen-bond acceptors (Lipinski definition) is 3. The molecular weight excluding hydrogens is 192 g/mol. The SMILES string of the molecule is CC(C)(C)OC(=O)N1CC2(CC[C@H]2N)C1. The van der Waals surface area contributed by atoms with Gasteiger partial charge in [0.05, 0.1) is 0 Å². The molecule has 1 aliphatic heterocycles. The highest BCUT2D eigenvalue weighted by atomic mass is 16.6. The maximum Gasteiger partial charge on any atom is 0.410 e. The quantitative estimate of drug-likeness (QED) is 0.659. The maximum atomic E-state index is 11.6. The first-order valence-electron chi connectivity index (χ1n) is 5.56. The number of likely N-dealkylation sites (tertiary alicyclic amines) is 1. The molecule has 1 saturated heterocycles. The third-order valence-corrected chi connectivity index (χ3v) is 3.40. The second-order valence-electron chi connectivity index (χ2n) is 5.84. The molecule has 0 aromatic rings. The van der Waals surface area contributed by atoms with E-state index in [1.807, 2.05) is 20.8 Å². The van der Waals surface area contributed by atoms with Gasteiger partial charge in [-0.05, 0) is 33.6 Å². The lowest BCUT2D eigenvalue weighted by atomic mass is 9.60. The van der Waals surface area contributed by atoms with Gasteiger partial charge in [0.25, 0.3) is 0 Å². The molecular formula is C11H20N2O2. The largest absolute Gasteiger partial charge is 0.444 e. The molecule has 0 aromatic carbocycles. The summed E-state index contributed by atoms with van der Waals surface area (Å²) < 4.78 is 5.28. The van der Waals surface area contributed by atoms with Crippen LogP contribution in [0.3, 0.4) is 0 Å². The van der Waals surface area contributed by atoms with Crippen molar-refractivity contribution in [1.29, 1.82) is 0 Å². The fourth-order valence-electron chi connectivity index (χ4n) is 2.28. The van der Waals surface area contributed by atoms with Crippen molar-refractivity contribution in [1.82, 2.24) is 4.90 Å². The molecule has 0 unspecified atom stereocenters.